The van der Waals surface area contributed by atoms with Gasteiger partial charge in [-0.25, -0.2) is 0 Å². The van der Waals surface area contributed by atoms with E-state index in [1.807, 2.05) is 44.2 Å². The van der Waals surface area contributed by atoms with Crippen LogP contribution in [0.1, 0.15) is 19.4 Å². The number of carbonyl (C=O) groups is 1. The van der Waals surface area contributed by atoms with E-state index in [0.717, 1.165) is 5.56 Å². The van der Waals surface area contributed by atoms with Crippen molar-refractivity contribution in [3.63, 3.8) is 0 Å². The molecule has 0 saturated heterocycles. The normalized spacial score (nSPS) is 12.2. The number of carbonyl (C=O) groups excluding carboxylic acids is 1. The molecule has 3 N–H and O–H groups in total. The molecule has 0 saturated carbocycles. The molecule has 1 atom stereocenters. The first-order chi connectivity index (χ1) is 10.1. The molecular weight excluding hydrogens is 260 g/mol. The highest BCUT2D eigenvalue weighted by Gasteiger charge is 2.14. The monoisotopic (exact) mass is 282 g/mol. The average Bonchev–Trinajstić information content (AvgIpc) is 2.48. The van der Waals surface area contributed by atoms with Crippen molar-refractivity contribution in [1.29, 1.82) is 0 Å². The van der Waals surface area contributed by atoms with E-state index in [0.29, 0.717) is 6.42 Å². The number of amides is 1. The van der Waals surface area contributed by atoms with Gasteiger partial charge in [-0.2, -0.15) is 0 Å². The zero-order valence-electron chi connectivity index (χ0n) is 12.5. The Bertz CT molecular complexity index is 576. The minimum atomic E-state index is -0.505. The molecule has 0 fully saturated rings. The molecule has 2 rings (SSSR count). The summed E-state index contributed by atoms with van der Waals surface area (Å²) >= 11 is 0. The molecule has 0 aliphatic heterocycles. The molecule has 0 aromatic heterocycles. The quantitative estimate of drug-likeness (QED) is 0.886. The van der Waals surface area contributed by atoms with Gasteiger partial charge in [0.25, 0.3) is 0 Å². The Balaban J connectivity index is 2.01. The molecule has 0 aliphatic rings. The molecule has 0 spiro atoms. The zero-order valence-corrected chi connectivity index (χ0v) is 12.5. The van der Waals surface area contributed by atoms with Crippen LogP contribution in [-0.2, 0) is 11.2 Å². The van der Waals surface area contributed by atoms with Crippen molar-refractivity contribution in [2.24, 2.45) is 5.73 Å². The van der Waals surface area contributed by atoms with Gasteiger partial charge < -0.3 is 11.1 Å². The molecule has 0 heterocycles. The molecule has 0 unspecified atom stereocenters. The van der Waals surface area contributed by atoms with Gasteiger partial charge >= 0.3 is 0 Å². The molecule has 2 aromatic carbocycles. The van der Waals surface area contributed by atoms with Gasteiger partial charge in [0.05, 0.1) is 6.04 Å². The minimum Gasteiger partial charge on any atom is -0.353 e. The van der Waals surface area contributed by atoms with Crippen molar-refractivity contribution in [3.05, 3.63) is 60.2 Å². The number of hydrogen-bond donors (Lipinski definition) is 2. The fourth-order valence-electron chi connectivity index (χ4n) is 2.20. The molecule has 2 aromatic rings. The lowest BCUT2D eigenvalue weighted by Crippen LogP contribution is -2.44. The van der Waals surface area contributed by atoms with E-state index >= 15 is 0 Å². The van der Waals surface area contributed by atoms with Crippen LogP contribution in [0.15, 0.2) is 54.6 Å². The fourth-order valence-corrected chi connectivity index (χ4v) is 2.20. The predicted molar refractivity (Wildman–Crippen MR) is 86.8 cm³/mol. The van der Waals surface area contributed by atoms with Gasteiger partial charge in [0, 0.05) is 6.04 Å². The highest BCUT2D eigenvalue weighted by molar-refractivity contribution is 5.82. The van der Waals surface area contributed by atoms with E-state index in [2.05, 4.69) is 29.6 Å². The van der Waals surface area contributed by atoms with Gasteiger partial charge in [0.1, 0.15) is 0 Å². The largest absolute Gasteiger partial charge is 0.353 e. The van der Waals surface area contributed by atoms with Crippen LogP contribution >= 0.6 is 0 Å². The van der Waals surface area contributed by atoms with E-state index in [9.17, 15) is 4.79 Å². The third kappa shape index (κ3) is 4.43. The maximum absolute atomic E-state index is 11.8. The van der Waals surface area contributed by atoms with Gasteiger partial charge in [0.15, 0.2) is 0 Å². The SMILES string of the molecule is CC(C)NC(=O)[C@@H](N)Cc1ccc(-c2ccccc2)cc1. The summed E-state index contributed by atoms with van der Waals surface area (Å²) in [4.78, 5) is 11.8. The molecular formula is C18H22N2O. The lowest BCUT2D eigenvalue weighted by atomic mass is 10.0. The van der Waals surface area contributed by atoms with Gasteiger partial charge in [-0.15, -0.1) is 0 Å². The molecule has 0 radical (unpaired) electrons. The summed E-state index contributed by atoms with van der Waals surface area (Å²) in [6.07, 6.45) is 0.549. The lowest BCUT2D eigenvalue weighted by molar-refractivity contribution is -0.122. The van der Waals surface area contributed by atoms with Crippen LogP contribution in [0.4, 0.5) is 0 Å². The second-order valence-corrected chi connectivity index (χ2v) is 5.54. The first kappa shape index (κ1) is 15.3. The summed E-state index contributed by atoms with van der Waals surface area (Å²) in [6.45, 7) is 3.86. The number of nitrogens with one attached hydrogen (secondary N) is 1. The number of nitrogens with two attached hydrogens (primary N) is 1. The van der Waals surface area contributed by atoms with Crippen molar-refractivity contribution in [3.8, 4) is 11.1 Å². The maximum atomic E-state index is 11.8. The van der Waals surface area contributed by atoms with Crippen molar-refractivity contribution in [2.75, 3.05) is 0 Å². The maximum Gasteiger partial charge on any atom is 0.237 e. The summed E-state index contributed by atoms with van der Waals surface area (Å²) in [5.74, 6) is -0.0999. The Morgan fingerprint density at radius 1 is 1.00 bits per heavy atom. The van der Waals surface area contributed by atoms with Gasteiger partial charge in [-0.3, -0.25) is 4.79 Å². The molecule has 21 heavy (non-hydrogen) atoms. The van der Waals surface area contributed by atoms with E-state index in [-0.39, 0.29) is 11.9 Å². The Labute approximate surface area is 126 Å². The molecule has 3 nitrogen and oxygen atoms in total. The Hall–Kier alpha value is -2.13. The molecule has 3 heteroatoms. The van der Waals surface area contributed by atoms with Crippen LogP contribution < -0.4 is 11.1 Å². The van der Waals surface area contributed by atoms with Gasteiger partial charge in [-0.1, -0.05) is 54.6 Å². The number of benzene rings is 2. The lowest BCUT2D eigenvalue weighted by Gasteiger charge is -2.14. The summed E-state index contributed by atoms with van der Waals surface area (Å²) in [5.41, 5.74) is 9.36. The smallest absolute Gasteiger partial charge is 0.237 e. The first-order valence-electron chi connectivity index (χ1n) is 7.26. The predicted octanol–water partition coefficient (Wildman–Crippen LogP) is 2.75. The highest BCUT2D eigenvalue weighted by atomic mass is 16.2. The average molecular weight is 282 g/mol. The Morgan fingerprint density at radius 3 is 2.14 bits per heavy atom. The summed E-state index contributed by atoms with van der Waals surface area (Å²) < 4.78 is 0. The Morgan fingerprint density at radius 2 is 1.57 bits per heavy atom. The fraction of sp³-hybridized carbons (Fsp3) is 0.278. The Kier molecular flexibility index (Phi) is 5.12. The van der Waals surface area contributed by atoms with Crippen molar-refractivity contribution in [2.45, 2.75) is 32.4 Å². The highest BCUT2D eigenvalue weighted by Crippen LogP contribution is 2.19. The van der Waals surface area contributed by atoms with E-state index in [1.165, 1.54) is 11.1 Å². The second kappa shape index (κ2) is 7.04. The zero-order chi connectivity index (χ0) is 15.2. The number of rotatable bonds is 5. The van der Waals surface area contributed by atoms with Crippen molar-refractivity contribution < 1.29 is 4.79 Å². The van der Waals surface area contributed by atoms with Crippen LogP contribution in [-0.4, -0.2) is 18.0 Å². The topological polar surface area (TPSA) is 55.1 Å². The van der Waals surface area contributed by atoms with E-state index < -0.39 is 6.04 Å². The summed E-state index contributed by atoms with van der Waals surface area (Å²) in [6, 6.07) is 18.0. The van der Waals surface area contributed by atoms with Crippen molar-refractivity contribution in [1.82, 2.24) is 5.32 Å². The third-order valence-corrected chi connectivity index (χ3v) is 3.28. The van der Waals surface area contributed by atoms with Crippen LogP contribution in [0.25, 0.3) is 11.1 Å². The molecule has 0 aliphatic carbocycles. The standard InChI is InChI=1S/C18H22N2O/c1-13(2)20-18(21)17(19)12-14-8-10-16(11-9-14)15-6-4-3-5-7-15/h3-11,13,17H,12,19H2,1-2H3,(H,20,21)/t17-/m0/s1. The number of hydrogen-bond acceptors (Lipinski definition) is 2. The van der Waals surface area contributed by atoms with Crippen LogP contribution in [0.5, 0.6) is 0 Å². The van der Waals surface area contributed by atoms with E-state index in [1.54, 1.807) is 0 Å². The van der Waals surface area contributed by atoms with Crippen LogP contribution in [0.3, 0.4) is 0 Å². The van der Waals surface area contributed by atoms with Crippen LogP contribution in [0.2, 0.25) is 0 Å². The molecule has 0 bridgehead atoms. The third-order valence-electron chi connectivity index (χ3n) is 3.28. The van der Waals surface area contributed by atoms with Gasteiger partial charge in [0.2, 0.25) is 5.91 Å². The summed E-state index contributed by atoms with van der Waals surface area (Å²) in [5, 5.41) is 2.84. The van der Waals surface area contributed by atoms with Crippen molar-refractivity contribution >= 4 is 5.91 Å². The van der Waals surface area contributed by atoms with Crippen LogP contribution in [0, 0.1) is 0 Å². The molecule has 110 valence electrons. The summed E-state index contributed by atoms with van der Waals surface area (Å²) in [7, 11) is 0. The van der Waals surface area contributed by atoms with E-state index in [4.69, 9.17) is 5.73 Å². The first-order valence-corrected chi connectivity index (χ1v) is 7.26. The second-order valence-electron chi connectivity index (χ2n) is 5.54. The van der Waals surface area contributed by atoms with Gasteiger partial charge in [-0.05, 0) is 37.0 Å². The minimum absolute atomic E-state index is 0.0999. The molecule has 1 amide bonds.